The summed E-state index contributed by atoms with van der Waals surface area (Å²) in [6, 6.07) is 2.30. The van der Waals surface area contributed by atoms with Crippen molar-refractivity contribution in [2.45, 2.75) is 89.5 Å². The van der Waals surface area contributed by atoms with Crippen molar-refractivity contribution in [3.63, 3.8) is 0 Å². The largest absolute Gasteiger partial charge is 0.481 e. The van der Waals surface area contributed by atoms with Crippen molar-refractivity contribution in [1.29, 1.82) is 0 Å². The number of guanidine groups is 1. The van der Waals surface area contributed by atoms with Crippen LogP contribution in [0.4, 0.5) is 4.79 Å². The molecule has 1 aromatic rings. The number of allylic oxidation sites excluding steroid dienone is 1. The zero-order chi connectivity index (χ0) is 38.1. The highest BCUT2D eigenvalue weighted by Crippen LogP contribution is 2.16. The van der Waals surface area contributed by atoms with E-state index < -0.39 is 84.1 Å². The van der Waals surface area contributed by atoms with Crippen LogP contribution >= 0.6 is 0 Å². The second-order valence-corrected chi connectivity index (χ2v) is 12.2. The van der Waals surface area contributed by atoms with Gasteiger partial charge in [0.15, 0.2) is 5.96 Å². The number of rotatable bonds is 11. The average Bonchev–Trinajstić information content (AvgIpc) is 3.09. The SMILES string of the molecule is CC/C=C/CC1NC(=O)[C@H](C)NC(=O)[C@H](CC(=O)O)NC(=O)[C@H](Cc2ccccc2)N(C)C(=O)[C@H](CCCN=C(N)NC(=O)NC)NC(=O)C1C. The van der Waals surface area contributed by atoms with E-state index in [-0.39, 0.29) is 38.2 Å². The molecule has 0 saturated carbocycles. The number of carboxylic acids is 1. The highest BCUT2D eigenvalue weighted by Gasteiger charge is 2.37. The van der Waals surface area contributed by atoms with Crippen LogP contribution in [0.2, 0.25) is 0 Å². The molecule has 0 spiro atoms. The molecule has 280 valence electrons. The van der Waals surface area contributed by atoms with Crippen LogP contribution in [0.15, 0.2) is 47.5 Å². The fourth-order valence-electron chi connectivity index (χ4n) is 5.24. The van der Waals surface area contributed by atoms with Crippen LogP contribution in [0.5, 0.6) is 0 Å². The lowest BCUT2D eigenvalue weighted by Gasteiger charge is -2.33. The van der Waals surface area contributed by atoms with Crippen LogP contribution in [-0.4, -0.2) is 108 Å². The molecule has 9 N–H and O–H groups in total. The van der Waals surface area contributed by atoms with Gasteiger partial charge < -0.3 is 42.3 Å². The monoisotopic (exact) mass is 713 g/mol. The first-order valence-corrected chi connectivity index (χ1v) is 16.9. The van der Waals surface area contributed by atoms with Crippen LogP contribution in [0.3, 0.4) is 0 Å². The minimum Gasteiger partial charge on any atom is -0.481 e. The number of urea groups is 1. The molecule has 17 nitrogen and oxygen atoms in total. The third-order valence-corrected chi connectivity index (χ3v) is 8.31. The van der Waals surface area contributed by atoms with Crippen molar-refractivity contribution in [2.24, 2.45) is 16.6 Å². The summed E-state index contributed by atoms with van der Waals surface area (Å²) in [5, 5.41) is 24.8. The molecular weight excluding hydrogens is 662 g/mol. The maximum absolute atomic E-state index is 14.2. The van der Waals surface area contributed by atoms with E-state index in [0.717, 1.165) is 4.90 Å². The minimum atomic E-state index is -1.58. The van der Waals surface area contributed by atoms with E-state index >= 15 is 0 Å². The zero-order valence-electron chi connectivity index (χ0n) is 29.7. The molecule has 2 unspecified atom stereocenters. The number of hydrogen-bond donors (Lipinski definition) is 8. The number of aliphatic carboxylic acids is 1. The number of amides is 7. The summed E-state index contributed by atoms with van der Waals surface area (Å²) in [6.45, 7) is 5.01. The summed E-state index contributed by atoms with van der Waals surface area (Å²) in [5.41, 5.74) is 6.42. The fourth-order valence-corrected chi connectivity index (χ4v) is 5.24. The lowest BCUT2D eigenvalue weighted by Crippen LogP contribution is -2.60. The van der Waals surface area contributed by atoms with Crippen molar-refractivity contribution in [3.8, 4) is 0 Å². The van der Waals surface area contributed by atoms with E-state index in [1.165, 1.54) is 21.0 Å². The Labute approximate surface area is 297 Å². The first-order valence-electron chi connectivity index (χ1n) is 16.9. The molecule has 0 radical (unpaired) electrons. The van der Waals surface area contributed by atoms with Crippen LogP contribution in [-0.2, 0) is 35.2 Å². The fraction of sp³-hybridized carbons (Fsp3) is 0.529. The van der Waals surface area contributed by atoms with Gasteiger partial charge in [0, 0.05) is 33.1 Å². The Morgan fingerprint density at radius 1 is 0.941 bits per heavy atom. The third-order valence-electron chi connectivity index (χ3n) is 8.31. The van der Waals surface area contributed by atoms with Crippen LogP contribution in [0.25, 0.3) is 0 Å². The Morgan fingerprint density at radius 3 is 2.24 bits per heavy atom. The summed E-state index contributed by atoms with van der Waals surface area (Å²) in [6.07, 6.45) is 4.13. The van der Waals surface area contributed by atoms with E-state index in [4.69, 9.17) is 5.73 Å². The Hall–Kier alpha value is -5.48. The van der Waals surface area contributed by atoms with Gasteiger partial charge in [-0.2, -0.15) is 0 Å². The topological polar surface area (TPSA) is 254 Å². The van der Waals surface area contributed by atoms with Gasteiger partial charge in [0.05, 0.1) is 12.3 Å². The quantitative estimate of drug-likeness (QED) is 0.0637. The number of benzene rings is 1. The van der Waals surface area contributed by atoms with Gasteiger partial charge in [-0.3, -0.25) is 39.1 Å². The molecule has 1 saturated heterocycles. The van der Waals surface area contributed by atoms with E-state index in [9.17, 15) is 38.7 Å². The summed E-state index contributed by atoms with van der Waals surface area (Å²) < 4.78 is 0. The van der Waals surface area contributed by atoms with Gasteiger partial charge in [-0.05, 0) is 38.2 Å². The first-order chi connectivity index (χ1) is 24.2. The standard InChI is InChI=1S/C34H51N9O8/c1-6-7-9-15-23-20(2)28(46)40-24(16-12-17-37-33(35)42-34(51)36-4)32(50)43(5)26(18-22-13-10-8-11-14-22)31(49)41-25(19-27(44)45)30(48)38-21(3)29(47)39-23/h7-11,13-14,20-21,23-26H,6,12,15-19H2,1-5H3,(H,38,48)(H,39,47)(H,40,46)(H,41,49)(H,44,45)(H4,35,36,37,42,51)/b9-7+/t20?,21-,23?,24-,25-,26-/m0/s1. The molecule has 2 rings (SSSR count). The molecule has 0 aromatic heterocycles. The normalized spacial score (nSPS) is 24.3. The van der Waals surface area contributed by atoms with Gasteiger partial charge in [0.1, 0.15) is 24.2 Å². The molecule has 17 heteroatoms. The highest BCUT2D eigenvalue weighted by molar-refractivity contribution is 5.97. The Balaban J connectivity index is 2.59. The van der Waals surface area contributed by atoms with Crippen molar-refractivity contribution in [3.05, 3.63) is 48.0 Å². The Bertz CT molecular complexity index is 1450. The smallest absolute Gasteiger partial charge is 0.321 e. The summed E-state index contributed by atoms with van der Waals surface area (Å²) in [7, 11) is 2.80. The summed E-state index contributed by atoms with van der Waals surface area (Å²) in [5.74, 6) is -5.95. The molecule has 1 aliphatic rings. The lowest BCUT2D eigenvalue weighted by molar-refractivity contribution is -0.145. The zero-order valence-corrected chi connectivity index (χ0v) is 29.7. The maximum atomic E-state index is 14.2. The van der Waals surface area contributed by atoms with E-state index in [0.29, 0.717) is 12.0 Å². The number of carbonyl (C=O) groups excluding carboxylic acids is 6. The molecule has 6 atom stereocenters. The van der Waals surface area contributed by atoms with E-state index in [1.54, 1.807) is 37.3 Å². The van der Waals surface area contributed by atoms with Crippen molar-refractivity contribution in [2.75, 3.05) is 20.6 Å². The van der Waals surface area contributed by atoms with Gasteiger partial charge in [-0.15, -0.1) is 0 Å². The molecule has 1 fully saturated rings. The van der Waals surface area contributed by atoms with Gasteiger partial charge in [-0.25, -0.2) is 4.79 Å². The minimum absolute atomic E-state index is 0.00989. The first kappa shape index (κ1) is 41.7. The number of carboxylic acid groups (broad SMARTS) is 1. The predicted octanol–water partition coefficient (Wildman–Crippen LogP) is -0.480. The number of likely N-dealkylation sites (N-methyl/N-ethyl adjacent to an activating group) is 1. The average molecular weight is 714 g/mol. The van der Waals surface area contributed by atoms with Gasteiger partial charge >= 0.3 is 12.0 Å². The second-order valence-electron chi connectivity index (χ2n) is 12.2. The maximum Gasteiger partial charge on any atom is 0.321 e. The van der Waals surface area contributed by atoms with E-state index in [1.807, 2.05) is 19.1 Å². The molecular formula is C34H51N9O8. The predicted molar refractivity (Wildman–Crippen MR) is 189 cm³/mol. The Kier molecular flexibility index (Phi) is 17.1. The molecule has 0 aliphatic carbocycles. The number of nitrogens with zero attached hydrogens (tertiary/aromatic N) is 2. The summed E-state index contributed by atoms with van der Waals surface area (Å²) >= 11 is 0. The van der Waals surface area contributed by atoms with Gasteiger partial charge in [0.25, 0.3) is 0 Å². The lowest BCUT2D eigenvalue weighted by atomic mass is 9.95. The summed E-state index contributed by atoms with van der Waals surface area (Å²) in [4.78, 5) is 97.0. The number of nitrogens with one attached hydrogen (secondary N) is 6. The van der Waals surface area contributed by atoms with Crippen molar-refractivity contribution in [1.82, 2.24) is 36.8 Å². The number of aliphatic imine (C=N–C) groups is 1. The van der Waals surface area contributed by atoms with Gasteiger partial charge in [-0.1, -0.05) is 56.3 Å². The van der Waals surface area contributed by atoms with Crippen LogP contribution in [0.1, 0.15) is 58.4 Å². The van der Waals surface area contributed by atoms with E-state index in [2.05, 4.69) is 36.9 Å². The molecule has 1 heterocycles. The number of nitrogens with two attached hydrogens (primary N) is 1. The number of hydrogen-bond acceptors (Lipinski definition) is 8. The van der Waals surface area contributed by atoms with Crippen LogP contribution < -0.4 is 37.6 Å². The molecule has 7 amide bonds. The second kappa shape index (κ2) is 20.9. The molecule has 51 heavy (non-hydrogen) atoms. The molecule has 0 bridgehead atoms. The highest BCUT2D eigenvalue weighted by atomic mass is 16.4. The third kappa shape index (κ3) is 13.7. The van der Waals surface area contributed by atoms with Crippen molar-refractivity contribution < 1.29 is 38.7 Å². The van der Waals surface area contributed by atoms with Gasteiger partial charge in [0.2, 0.25) is 29.5 Å². The Morgan fingerprint density at radius 2 is 1.61 bits per heavy atom. The molecule has 1 aliphatic heterocycles. The van der Waals surface area contributed by atoms with Crippen molar-refractivity contribution >= 4 is 47.5 Å². The van der Waals surface area contributed by atoms with Crippen LogP contribution in [0, 0.1) is 5.92 Å². The number of carbonyl (C=O) groups is 7. The molecule has 1 aromatic carbocycles.